The molecule has 0 aliphatic heterocycles. The van der Waals surface area contributed by atoms with Crippen molar-refractivity contribution in [2.24, 2.45) is 0 Å². The van der Waals surface area contributed by atoms with Gasteiger partial charge in [-0.25, -0.2) is 0 Å². The summed E-state index contributed by atoms with van der Waals surface area (Å²) in [6.45, 7) is 2.64. The molecule has 4 nitrogen and oxygen atoms in total. The molecule has 0 bridgehead atoms. The Bertz CT molecular complexity index is 117. The topological polar surface area (TPSA) is 61.4 Å². The summed E-state index contributed by atoms with van der Waals surface area (Å²) in [7, 11) is 1.58. The lowest BCUT2D eigenvalue weighted by Gasteiger charge is -2.07. The average Bonchev–Trinajstić information content (AvgIpc) is 2.04. The Hall–Kier alpha value is -0.610. The fourth-order valence-corrected chi connectivity index (χ4v) is 0.585. The van der Waals surface area contributed by atoms with E-state index < -0.39 is 0 Å². The highest BCUT2D eigenvalue weighted by Gasteiger charge is 2.00. The molecule has 0 fully saturated rings. The summed E-state index contributed by atoms with van der Waals surface area (Å²) in [6.07, 6.45) is 0.362. The van der Waals surface area contributed by atoms with Crippen LogP contribution in [0, 0.1) is 0 Å². The Labute approximate surface area is 67.0 Å². The van der Waals surface area contributed by atoms with Crippen LogP contribution in [0.15, 0.2) is 0 Å². The van der Waals surface area contributed by atoms with Crippen molar-refractivity contribution in [2.75, 3.05) is 20.1 Å². The number of hydrogen-bond acceptors (Lipinski definition) is 3. The number of amides is 1. The molecular formula is C7H16N2O2. The van der Waals surface area contributed by atoms with E-state index in [0.717, 1.165) is 0 Å². The SMILES string of the molecule is CCC(O)CNCC(=O)NC. The van der Waals surface area contributed by atoms with E-state index >= 15 is 0 Å². The van der Waals surface area contributed by atoms with Crippen LogP contribution in [0.2, 0.25) is 0 Å². The molecule has 1 amide bonds. The number of nitrogens with one attached hydrogen (secondary N) is 2. The summed E-state index contributed by atoms with van der Waals surface area (Å²) in [4.78, 5) is 10.6. The maximum absolute atomic E-state index is 10.6. The number of likely N-dealkylation sites (N-methyl/N-ethyl adjacent to an activating group) is 1. The highest BCUT2D eigenvalue weighted by atomic mass is 16.3. The lowest BCUT2D eigenvalue weighted by atomic mass is 10.3. The minimum absolute atomic E-state index is 0.0618. The fraction of sp³-hybridized carbons (Fsp3) is 0.857. The molecule has 0 saturated carbocycles. The molecule has 0 aromatic heterocycles. The van der Waals surface area contributed by atoms with Crippen LogP contribution in [0.3, 0.4) is 0 Å². The van der Waals surface area contributed by atoms with Gasteiger partial charge in [-0.05, 0) is 6.42 Å². The minimum atomic E-state index is -0.348. The monoisotopic (exact) mass is 160 g/mol. The molecule has 0 aliphatic rings. The summed E-state index contributed by atoms with van der Waals surface area (Å²) in [5, 5.41) is 14.3. The number of aliphatic hydroxyl groups is 1. The molecule has 11 heavy (non-hydrogen) atoms. The molecular weight excluding hydrogens is 144 g/mol. The van der Waals surface area contributed by atoms with E-state index in [1.54, 1.807) is 7.05 Å². The molecule has 0 rings (SSSR count). The zero-order chi connectivity index (χ0) is 8.69. The van der Waals surface area contributed by atoms with Crippen LogP contribution in [-0.4, -0.2) is 37.3 Å². The third-order valence-corrected chi connectivity index (χ3v) is 1.42. The van der Waals surface area contributed by atoms with E-state index in [0.29, 0.717) is 13.0 Å². The van der Waals surface area contributed by atoms with Gasteiger partial charge in [-0.1, -0.05) is 6.92 Å². The van der Waals surface area contributed by atoms with E-state index in [2.05, 4.69) is 10.6 Å². The Kier molecular flexibility index (Phi) is 5.78. The highest BCUT2D eigenvalue weighted by Crippen LogP contribution is 1.84. The number of aliphatic hydroxyl groups excluding tert-OH is 1. The normalized spacial score (nSPS) is 12.6. The van der Waals surface area contributed by atoms with Gasteiger partial charge in [0, 0.05) is 13.6 Å². The fourth-order valence-electron chi connectivity index (χ4n) is 0.585. The maximum Gasteiger partial charge on any atom is 0.233 e. The molecule has 0 radical (unpaired) electrons. The highest BCUT2D eigenvalue weighted by molar-refractivity contribution is 5.77. The Morgan fingerprint density at radius 3 is 2.73 bits per heavy atom. The number of carbonyl (C=O) groups excluding carboxylic acids is 1. The molecule has 66 valence electrons. The minimum Gasteiger partial charge on any atom is -0.392 e. The van der Waals surface area contributed by atoms with Crippen molar-refractivity contribution in [1.29, 1.82) is 0 Å². The van der Waals surface area contributed by atoms with Crippen LogP contribution >= 0.6 is 0 Å². The molecule has 3 N–H and O–H groups in total. The first-order valence-corrected chi connectivity index (χ1v) is 3.80. The van der Waals surface area contributed by atoms with Crippen molar-refractivity contribution in [1.82, 2.24) is 10.6 Å². The van der Waals surface area contributed by atoms with Gasteiger partial charge < -0.3 is 15.7 Å². The Balaban J connectivity index is 3.20. The van der Waals surface area contributed by atoms with Gasteiger partial charge >= 0.3 is 0 Å². The predicted octanol–water partition coefficient (Wildman–Crippen LogP) is -0.907. The zero-order valence-electron chi connectivity index (χ0n) is 7.05. The maximum atomic E-state index is 10.6. The van der Waals surface area contributed by atoms with E-state index in [1.807, 2.05) is 6.92 Å². The van der Waals surface area contributed by atoms with E-state index in [1.165, 1.54) is 0 Å². The molecule has 0 saturated heterocycles. The van der Waals surface area contributed by atoms with Gasteiger partial charge in [-0.2, -0.15) is 0 Å². The first-order valence-electron chi connectivity index (χ1n) is 3.80. The van der Waals surface area contributed by atoms with Crippen LogP contribution in [0.5, 0.6) is 0 Å². The van der Waals surface area contributed by atoms with Gasteiger partial charge in [0.05, 0.1) is 12.6 Å². The standard InChI is InChI=1S/C7H16N2O2/c1-3-6(10)4-9-5-7(11)8-2/h6,9-10H,3-5H2,1-2H3,(H,8,11). The number of rotatable bonds is 5. The van der Waals surface area contributed by atoms with Crippen molar-refractivity contribution in [2.45, 2.75) is 19.4 Å². The average molecular weight is 160 g/mol. The van der Waals surface area contributed by atoms with Crippen molar-refractivity contribution in [3.63, 3.8) is 0 Å². The molecule has 1 atom stereocenters. The molecule has 0 heterocycles. The summed E-state index contributed by atoms with van der Waals surface area (Å²) in [5.74, 6) is -0.0618. The van der Waals surface area contributed by atoms with Crippen LogP contribution in [-0.2, 0) is 4.79 Å². The first kappa shape index (κ1) is 10.4. The van der Waals surface area contributed by atoms with Crippen molar-refractivity contribution in [3.05, 3.63) is 0 Å². The van der Waals surface area contributed by atoms with Gasteiger partial charge in [0.15, 0.2) is 0 Å². The number of carbonyl (C=O) groups is 1. The van der Waals surface area contributed by atoms with Crippen molar-refractivity contribution >= 4 is 5.91 Å². The zero-order valence-corrected chi connectivity index (χ0v) is 7.05. The summed E-state index contributed by atoms with van der Waals surface area (Å²) >= 11 is 0. The lowest BCUT2D eigenvalue weighted by molar-refractivity contribution is -0.119. The molecule has 0 aromatic rings. The third-order valence-electron chi connectivity index (χ3n) is 1.42. The van der Waals surface area contributed by atoms with Gasteiger partial charge in [0.2, 0.25) is 5.91 Å². The number of hydrogen-bond donors (Lipinski definition) is 3. The molecule has 4 heteroatoms. The Morgan fingerprint density at radius 1 is 1.64 bits per heavy atom. The summed E-state index contributed by atoms with van der Waals surface area (Å²) in [5.41, 5.74) is 0. The first-order chi connectivity index (χ1) is 5.20. The van der Waals surface area contributed by atoms with Crippen LogP contribution < -0.4 is 10.6 Å². The smallest absolute Gasteiger partial charge is 0.233 e. The van der Waals surface area contributed by atoms with E-state index in [4.69, 9.17) is 5.11 Å². The van der Waals surface area contributed by atoms with Gasteiger partial charge in [0.1, 0.15) is 0 Å². The van der Waals surface area contributed by atoms with E-state index in [9.17, 15) is 4.79 Å². The van der Waals surface area contributed by atoms with Crippen LogP contribution in [0.25, 0.3) is 0 Å². The summed E-state index contributed by atoms with van der Waals surface area (Å²) in [6, 6.07) is 0. The second-order valence-electron chi connectivity index (χ2n) is 2.37. The largest absolute Gasteiger partial charge is 0.392 e. The van der Waals surface area contributed by atoms with Crippen molar-refractivity contribution < 1.29 is 9.90 Å². The van der Waals surface area contributed by atoms with Crippen molar-refractivity contribution in [3.8, 4) is 0 Å². The van der Waals surface area contributed by atoms with Gasteiger partial charge in [-0.3, -0.25) is 4.79 Å². The van der Waals surface area contributed by atoms with Crippen LogP contribution in [0.1, 0.15) is 13.3 Å². The van der Waals surface area contributed by atoms with Gasteiger partial charge in [-0.15, -0.1) is 0 Å². The quantitative estimate of drug-likeness (QED) is 0.488. The summed E-state index contributed by atoms with van der Waals surface area (Å²) < 4.78 is 0. The van der Waals surface area contributed by atoms with Crippen LogP contribution in [0.4, 0.5) is 0 Å². The molecule has 0 aromatic carbocycles. The Morgan fingerprint density at radius 2 is 2.27 bits per heavy atom. The second kappa shape index (κ2) is 6.12. The second-order valence-corrected chi connectivity index (χ2v) is 2.37. The third kappa shape index (κ3) is 5.82. The van der Waals surface area contributed by atoms with E-state index in [-0.39, 0.29) is 18.6 Å². The lowest BCUT2D eigenvalue weighted by Crippen LogP contribution is -2.35. The van der Waals surface area contributed by atoms with Gasteiger partial charge in [0.25, 0.3) is 0 Å². The predicted molar refractivity (Wildman–Crippen MR) is 43.2 cm³/mol. The molecule has 0 spiro atoms. The molecule has 0 aliphatic carbocycles. The molecule has 1 unspecified atom stereocenters.